The minimum absolute atomic E-state index is 0.381. The summed E-state index contributed by atoms with van der Waals surface area (Å²) < 4.78 is 24.9. The summed E-state index contributed by atoms with van der Waals surface area (Å²) in [6.45, 7) is 1.29. The summed E-state index contributed by atoms with van der Waals surface area (Å²) in [5, 5.41) is 0.508. The third-order valence-corrected chi connectivity index (χ3v) is 2.17. The van der Waals surface area contributed by atoms with Crippen LogP contribution in [0.25, 0.3) is 0 Å². The molecular formula is C9H10ClF2N. The van der Waals surface area contributed by atoms with Gasteiger partial charge in [-0.1, -0.05) is 23.7 Å². The maximum Gasteiger partial charge on any atom is 0.260 e. The summed E-state index contributed by atoms with van der Waals surface area (Å²) >= 11 is 5.61. The normalized spacial score (nSPS) is 15.8. The van der Waals surface area contributed by atoms with Gasteiger partial charge in [0.1, 0.15) is 0 Å². The second-order valence-corrected chi connectivity index (χ2v) is 3.53. The van der Waals surface area contributed by atoms with Crippen molar-refractivity contribution in [2.45, 2.75) is 18.9 Å². The van der Waals surface area contributed by atoms with Crippen molar-refractivity contribution in [3.05, 3.63) is 34.9 Å². The zero-order chi connectivity index (χ0) is 10.1. The van der Waals surface area contributed by atoms with E-state index in [0.29, 0.717) is 10.6 Å². The maximum absolute atomic E-state index is 12.4. The number of halogens is 3. The molecule has 1 atom stereocenters. The topological polar surface area (TPSA) is 26.0 Å². The molecule has 1 nitrogen and oxygen atoms in total. The maximum atomic E-state index is 12.4. The fraction of sp³-hybridized carbons (Fsp3) is 0.333. The summed E-state index contributed by atoms with van der Waals surface area (Å²) in [7, 11) is 0. The molecule has 13 heavy (non-hydrogen) atoms. The number of alkyl halides is 2. The van der Waals surface area contributed by atoms with E-state index in [2.05, 4.69) is 0 Å². The quantitative estimate of drug-likeness (QED) is 0.790. The lowest BCUT2D eigenvalue weighted by Crippen LogP contribution is -2.40. The van der Waals surface area contributed by atoms with Crippen LogP contribution in [0.5, 0.6) is 0 Å². The van der Waals surface area contributed by atoms with E-state index < -0.39 is 12.0 Å². The van der Waals surface area contributed by atoms with E-state index in [0.717, 1.165) is 0 Å². The Hall–Kier alpha value is -0.670. The minimum Gasteiger partial charge on any atom is -0.317 e. The molecule has 0 spiro atoms. The molecule has 1 aromatic rings. The highest BCUT2D eigenvalue weighted by Gasteiger charge is 2.31. The average Bonchev–Trinajstić information content (AvgIpc) is 2.04. The summed E-state index contributed by atoms with van der Waals surface area (Å²) in [5.74, 6) is 0. The van der Waals surface area contributed by atoms with Gasteiger partial charge < -0.3 is 5.73 Å². The van der Waals surface area contributed by atoms with Crippen LogP contribution in [0.15, 0.2) is 24.3 Å². The smallest absolute Gasteiger partial charge is 0.260 e. The van der Waals surface area contributed by atoms with E-state index in [1.807, 2.05) is 0 Å². The molecule has 0 saturated carbocycles. The van der Waals surface area contributed by atoms with Crippen molar-refractivity contribution < 1.29 is 8.78 Å². The van der Waals surface area contributed by atoms with Crippen LogP contribution in [0.1, 0.15) is 12.5 Å². The van der Waals surface area contributed by atoms with Crippen molar-refractivity contribution in [3.63, 3.8) is 0 Å². The van der Waals surface area contributed by atoms with E-state index in [1.54, 1.807) is 12.1 Å². The first-order chi connectivity index (χ1) is 5.94. The second-order valence-electron chi connectivity index (χ2n) is 3.09. The third kappa shape index (κ3) is 2.17. The van der Waals surface area contributed by atoms with E-state index in [4.69, 9.17) is 17.3 Å². The molecule has 4 heteroatoms. The Morgan fingerprint density at radius 1 is 1.31 bits per heavy atom. The average molecular weight is 206 g/mol. The zero-order valence-electron chi connectivity index (χ0n) is 7.10. The number of nitrogens with two attached hydrogens (primary N) is 1. The van der Waals surface area contributed by atoms with Crippen LogP contribution in [0, 0.1) is 0 Å². The summed E-state index contributed by atoms with van der Waals surface area (Å²) in [6, 6.07) is 6.11. The first kappa shape index (κ1) is 10.4. The highest BCUT2D eigenvalue weighted by atomic mass is 35.5. The number of hydrogen-bond donors (Lipinski definition) is 1. The van der Waals surface area contributed by atoms with Crippen LogP contribution < -0.4 is 5.73 Å². The Bertz CT molecular complexity index is 282. The summed E-state index contributed by atoms with van der Waals surface area (Å²) in [6.07, 6.45) is -2.59. The first-order valence-electron chi connectivity index (χ1n) is 3.77. The van der Waals surface area contributed by atoms with Crippen molar-refractivity contribution in [1.82, 2.24) is 0 Å². The molecule has 1 unspecified atom stereocenters. The van der Waals surface area contributed by atoms with Gasteiger partial charge in [-0.3, -0.25) is 0 Å². The SMILES string of the molecule is CC(N)(c1ccc(Cl)cc1)C(F)F. The van der Waals surface area contributed by atoms with Crippen molar-refractivity contribution in [3.8, 4) is 0 Å². The number of hydrogen-bond acceptors (Lipinski definition) is 1. The Kier molecular flexibility index (Phi) is 2.88. The Morgan fingerprint density at radius 3 is 2.15 bits per heavy atom. The molecule has 0 bridgehead atoms. The van der Waals surface area contributed by atoms with E-state index >= 15 is 0 Å². The van der Waals surface area contributed by atoms with E-state index in [-0.39, 0.29) is 0 Å². The predicted molar refractivity (Wildman–Crippen MR) is 49.0 cm³/mol. The van der Waals surface area contributed by atoms with Crippen LogP contribution in [0.4, 0.5) is 8.78 Å². The van der Waals surface area contributed by atoms with Gasteiger partial charge in [0, 0.05) is 5.02 Å². The fourth-order valence-electron chi connectivity index (χ4n) is 0.935. The molecule has 2 N–H and O–H groups in total. The molecule has 0 saturated heterocycles. The molecule has 0 heterocycles. The second kappa shape index (κ2) is 3.60. The van der Waals surface area contributed by atoms with Gasteiger partial charge in [0.25, 0.3) is 6.43 Å². The first-order valence-corrected chi connectivity index (χ1v) is 4.15. The van der Waals surface area contributed by atoms with Crippen LogP contribution in [-0.4, -0.2) is 6.43 Å². The van der Waals surface area contributed by atoms with Gasteiger partial charge in [-0.05, 0) is 24.6 Å². The molecule has 0 aliphatic rings. The molecule has 72 valence electrons. The lowest BCUT2D eigenvalue weighted by molar-refractivity contribution is 0.0625. The molecule has 0 amide bonds. The minimum atomic E-state index is -2.59. The van der Waals surface area contributed by atoms with Crippen molar-refractivity contribution in [2.24, 2.45) is 5.73 Å². The summed E-state index contributed by atoms with van der Waals surface area (Å²) in [4.78, 5) is 0. The van der Waals surface area contributed by atoms with Crippen molar-refractivity contribution in [2.75, 3.05) is 0 Å². The van der Waals surface area contributed by atoms with Gasteiger partial charge in [-0.15, -0.1) is 0 Å². The van der Waals surface area contributed by atoms with Crippen molar-refractivity contribution >= 4 is 11.6 Å². The predicted octanol–water partition coefficient (Wildman–Crippen LogP) is 2.78. The number of rotatable bonds is 2. The van der Waals surface area contributed by atoms with Gasteiger partial charge in [0.2, 0.25) is 0 Å². The molecule has 1 rings (SSSR count). The standard InChI is InChI=1S/C9H10ClF2N/c1-9(13,8(11)12)6-2-4-7(10)5-3-6/h2-5,8H,13H2,1H3. The van der Waals surface area contributed by atoms with Crippen LogP contribution in [0.3, 0.4) is 0 Å². The third-order valence-electron chi connectivity index (χ3n) is 1.92. The van der Waals surface area contributed by atoms with Gasteiger partial charge in [0.05, 0.1) is 5.54 Å². The number of benzene rings is 1. The lowest BCUT2D eigenvalue weighted by Gasteiger charge is -2.23. The fourth-order valence-corrected chi connectivity index (χ4v) is 1.06. The Labute approximate surface area is 80.5 Å². The zero-order valence-corrected chi connectivity index (χ0v) is 7.85. The molecule has 1 aromatic carbocycles. The van der Waals surface area contributed by atoms with Crippen molar-refractivity contribution in [1.29, 1.82) is 0 Å². The summed E-state index contributed by atoms with van der Waals surface area (Å²) in [5.41, 5.74) is 4.21. The van der Waals surface area contributed by atoms with E-state index in [9.17, 15) is 8.78 Å². The monoisotopic (exact) mass is 205 g/mol. The van der Waals surface area contributed by atoms with E-state index in [1.165, 1.54) is 19.1 Å². The Balaban J connectivity index is 3.01. The van der Waals surface area contributed by atoms with Gasteiger partial charge in [-0.2, -0.15) is 0 Å². The molecule has 0 radical (unpaired) electrons. The molecule has 0 aliphatic carbocycles. The molecule has 0 aromatic heterocycles. The van der Waals surface area contributed by atoms with Gasteiger partial charge in [-0.25, -0.2) is 8.78 Å². The highest BCUT2D eigenvalue weighted by molar-refractivity contribution is 6.30. The van der Waals surface area contributed by atoms with Gasteiger partial charge >= 0.3 is 0 Å². The highest BCUT2D eigenvalue weighted by Crippen LogP contribution is 2.25. The molecular weight excluding hydrogens is 196 g/mol. The van der Waals surface area contributed by atoms with Crippen LogP contribution in [0.2, 0.25) is 5.02 Å². The lowest BCUT2D eigenvalue weighted by atomic mass is 9.94. The molecule has 0 fully saturated rings. The van der Waals surface area contributed by atoms with Crippen LogP contribution >= 0.6 is 11.6 Å². The Morgan fingerprint density at radius 2 is 1.77 bits per heavy atom. The van der Waals surface area contributed by atoms with Gasteiger partial charge in [0.15, 0.2) is 0 Å². The molecule has 0 aliphatic heterocycles. The largest absolute Gasteiger partial charge is 0.317 e. The van der Waals surface area contributed by atoms with Crippen LogP contribution in [-0.2, 0) is 5.54 Å².